The van der Waals surface area contributed by atoms with E-state index in [0.717, 1.165) is 12.0 Å². The highest BCUT2D eigenvalue weighted by molar-refractivity contribution is 5.80. The van der Waals surface area contributed by atoms with Gasteiger partial charge in [-0.05, 0) is 46.0 Å². The highest BCUT2D eigenvalue weighted by Gasteiger charge is 2.30. The highest BCUT2D eigenvalue weighted by Crippen LogP contribution is 2.44. The molecule has 3 aromatic carbocycles. The first kappa shape index (κ1) is 21.6. The fourth-order valence-electron chi connectivity index (χ4n) is 4.81. The van der Waals surface area contributed by atoms with Gasteiger partial charge in [-0.25, -0.2) is 4.79 Å². The Hall–Kier alpha value is -4.29. The van der Waals surface area contributed by atoms with Crippen molar-refractivity contribution in [1.82, 2.24) is 4.90 Å². The Kier molecular flexibility index (Phi) is 5.89. The quantitative estimate of drug-likeness (QED) is 0.220. The number of carbonyl (C=O) groups is 2. The number of fused-ring (bicyclic) bond motifs is 3. The predicted octanol–water partition coefficient (Wildman–Crippen LogP) is 5.51. The third-order valence-corrected chi connectivity index (χ3v) is 6.46. The molecule has 1 aliphatic heterocycles. The average molecular weight is 454 g/mol. The van der Waals surface area contributed by atoms with Gasteiger partial charge in [0.15, 0.2) is 0 Å². The van der Waals surface area contributed by atoms with Crippen LogP contribution in [-0.4, -0.2) is 50.1 Å². The summed E-state index contributed by atoms with van der Waals surface area (Å²) in [6.45, 7) is 2.46. The fraction of sp³-hybridized carbons (Fsp3) is 0.231. The SMILES string of the molecule is [N-]=[N+]=Nc1cc(C=O)cc(N2CCN(C(=O)OCC3c4ccccc4-c4ccccc43)CC2)c1. The second-order valence-corrected chi connectivity index (χ2v) is 8.37. The van der Waals surface area contributed by atoms with Crippen LogP contribution in [0.2, 0.25) is 0 Å². The number of carbonyl (C=O) groups excluding carboxylic acids is 2. The van der Waals surface area contributed by atoms with E-state index in [0.29, 0.717) is 44.0 Å². The molecular weight excluding hydrogens is 430 g/mol. The summed E-state index contributed by atoms with van der Waals surface area (Å²) in [5, 5.41) is 3.62. The van der Waals surface area contributed by atoms with Gasteiger partial charge < -0.3 is 14.5 Å². The molecule has 170 valence electrons. The Balaban J connectivity index is 1.23. The van der Waals surface area contributed by atoms with Crippen molar-refractivity contribution in [3.05, 3.63) is 93.9 Å². The van der Waals surface area contributed by atoms with E-state index < -0.39 is 0 Å². The molecule has 3 aromatic rings. The van der Waals surface area contributed by atoms with Gasteiger partial charge in [-0.2, -0.15) is 0 Å². The van der Waals surface area contributed by atoms with E-state index in [9.17, 15) is 9.59 Å². The second-order valence-electron chi connectivity index (χ2n) is 8.37. The summed E-state index contributed by atoms with van der Waals surface area (Å²) in [6.07, 6.45) is 0.408. The molecule has 0 unspecified atom stereocenters. The third kappa shape index (κ3) is 4.07. The van der Waals surface area contributed by atoms with Crippen molar-refractivity contribution >= 4 is 23.8 Å². The molecular formula is C26H23N5O3. The number of hydrogen-bond acceptors (Lipinski definition) is 5. The second kappa shape index (κ2) is 9.29. The molecule has 0 atom stereocenters. The number of aldehydes is 1. The van der Waals surface area contributed by atoms with Crippen LogP contribution in [0.15, 0.2) is 71.8 Å². The number of anilines is 1. The number of azide groups is 1. The number of ether oxygens (including phenoxy) is 1. The summed E-state index contributed by atoms with van der Waals surface area (Å²) < 4.78 is 5.77. The van der Waals surface area contributed by atoms with Crippen LogP contribution in [0, 0.1) is 0 Å². The number of amides is 1. The van der Waals surface area contributed by atoms with Gasteiger partial charge in [0.1, 0.15) is 12.9 Å². The fourth-order valence-corrected chi connectivity index (χ4v) is 4.81. The monoisotopic (exact) mass is 453 g/mol. The molecule has 8 heteroatoms. The van der Waals surface area contributed by atoms with Crippen LogP contribution in [0.5, 0.6) is 0 Å². The summed E-state index contributed by atoms with van der Waals surface area (Å²) in [5.74, 6) is 0.0304. The molecule has 1 amide bonds. The molecule has 0 bridgehead atoms. The van der Waals surface area contributed by atoms with Crippen LogP contribution in [0.3, 0.4) is 0 Å². The summed E-state index contributed by atoms with van der Waals surface area (Å²) in [4.78, 5) is 30.7. The van der Waals surface area contributed by atoms with Crippen LogP contribution in [0.25, 0.3) is 21.6 Å². The van der Waals surface area contributed by atoms with E-state index in [1.54, 1.807) is 23.1 Å². The van der Waals surface area contributed by atoms with E-state index in [-0.39, 0.29) is 12.0 Å². The maximum absolute atomic E-state index is 12.8. The van der Waals surface area contributed by atoms with Crippen molar-refractivity contribution in [2.24, 2.45) is 5.11 Å². The lowest BCUT2D eigenvalue weighted by Gasteiger charge is -2.35. The van der Waals surface area contributed by atoms with Gasteiger partial charge in [-0.1, -0.05) is 53.6 Å². The minimum atomic E-state index is -0.321. The van der Waals surface area contributed by atoms with Crippen LogP contribution < -0.4 is 4.90 Å². The Morgan fingerprint density at radius 3 is 2.26 bits per heavy atom. The molecule has 1 aliphatic carbocycles. The lowest BCUT2D eigenvalue weighted by atomic mass is 9.98. The van der Waals surface area contributed by atoms with E-state index in [1.807, 2.05) is 24.3 Å². The highest BCUT2D eigenvalue weighted by atomic mass is 16.6. The average Bonchev–Trinajstić information content (AvgIpc) is 3.21. The smallest absolute Gasteiger partial charge is 0.409 e. The van der Waals surface area contributed by atoms with Gasteiger partial charge in [-0.15, -0.1) is 0 Å². The zero-order valence-corrected chi connectivity index (χ0v) is 18.5. The number of benzene rings is 3. The molecule has 2 aliphatic rings. The molecule has 8 nitrogen and oxygen atoms in total. The summed E-state index contributed by atoms with van der Waals surface area (Å²) >= 11 is 0. The van der Waals surface area contributed by atoms with Crippen molar-refractivity contribution in [1.29, 1.82) is 0 Å². The number of nitrogens with zero attached hydrogens (tertiary/aromatic N) is 5. The topological polar surface area (TPSA) is 98.6 Å². The van der Waals surface area contributed by atoms with Gasteiger partial charge in [0.2, 0.25) is 0 Å². The minimum absolute atomic E-state index is 0.0304. The summed E-state index contributed by atoms with van der Waals surface area (Å²) in [6, 6.07) is 21.6. The van der Waals surface area contributed by atoms with Crippen LogP contribution in [0.1, 0.15) is 27.4 Å². The molecule has 0 saturated carbocycles. The Morgan fingerprint density at radius 2 is 1.65 bits per heavy atom. The zero-order chi connectivity index (χ0) is 23.5. The first-order valence-electron chi connectivity index (χ1n) is 11.2. The molecule has 0 spiro atoms. The largest absolute Gasteiger partial charge is 0.448 e. The minimum Gasteiger partial charge on any atom is -0.448 e. The molecule has 1 saturated heterocycles. The molecule has 0 radical (unpaired) electrons. The first-order valence-corrected chi connectivity index (χ1v) is 11.2. The van der Waals surface area contributed by atoms with Gasteiger partial charge in [0.25, 0.3) is 0 Å². The van der Waals surface area contributed by atoms with Gasteiger partial charge in [-0.3, -0.25) is 4.79 Å². The molecule has 0 N–H and O–H groups in total. The van der Waals surface area contributed by atoms with Crippen molar-refractivity contribution < 1.29 is 14.3 Å². The maximum atomic E-state index is 12.8. The van der Waals surface area contributed by atoms with Crippen LogP contribution >= 0.6 is 0 Å². The van der Waals surface area contributed by atoms with E-state index in [1.165, 1.54) is 22.3 Å². The normalized spacial score (nSPS) is 14.7. The summed E-state index contributed by atoms with van der Waals surface area (Å²) in [5.41, 5.74) is 15.1. The number of piperazine rings is 1. The van der Waals surface area contributed by atoms with Crippen molar-refractivity contribution in [2.45, 2.75) is 5.92 Å². The standard InChI is InChI=1S/C26H23N5O3/c27-29-28-19-13-18(16-32)14-20(15-19)30-9-11-31(12-10-30)26(33)34-17-25-23-7-3-1-5-21(23)22-6-2-4-8-24(22)25/h1-8,13-16,25H,9-12,17H2. The third-order valence-electron chi connectivity index (χ3n) is 6.46. The predicted molar refractivity (Wildman–Crippen MR) is 129 cm³/mol. The van der Waals surface area contributed by atoms with E-state index in [2.05, 4.69) is 39.2 Å². The molecule has 5 rings (SSSR count). The molecule has 1 heterocycles. The van der Waals surface area contributed by atoms with E-state index in [4.69, 9.17) is 10.3 Å². The molecule has 1 fully saturated rings. The summed E-state index contributed by atoms with van der Waals surface area (Å²) in [7, 11) is 0. The van der Waals surface area contributed by atoms with Gasteiger partial charge >= 0.3 is 6.09 Å². The lowest BCUT2D eigenvalue weighted by Crippen LogP contribution is -2.49. The molecule has 34 heavy (non-hydrogen) atoms. The van der Waals surface area contributed by atoms with Crippen molar-refractivity contribution in [3.8, 4) is 11.1 Å². The van der Waals surface area contributed by atoms with Crippen molar-refractivity contribution in [2.75, 3.05) is 37.7 Å². The van der Waals surface area contributed by atoms with Crippen molar-refractivity contribution in [3.63, 3.8) is 0 Å². The number of rotatable bonds is 5. The lowest BCUT2D eigenvalue weighted by molar-refractivity contribution is 0.0976. The Labute approximate surface area is 197 Å². The van der Waals surface area contributed by atoms with Gasteiger partial charge in [0, 0.05) is 53.9 Å². The Morgan fingerprint density at radius 1 is 1.00 bits per heavy atom. The maximum Gasteiger partial charge on any atom is 0.409 e. The molecule has 0 aromatic heterocycles. The van der Waals surface area contributed by atoms with E-state index >= 15 is 0 Å². The van der Waals surface area contributed by atoms with Crippen LogP contribution in [0.4, 0.5) is 16.2 Å². The first-order chi connectivity index (χ1) is 16.7. The Bertz CT molecular complexity index is 1250. The van der Waals surface area contributed by atoms with Crippen LogP contribution in [-0.2, 0) is 4.74 Å². The zero-order valence-electron chi connectivity index (χ0n) is 18.5. The van der Waals surface area contributed by atoms with Gasteiger partial charge in [0.05, 0.1) is 0 Å². The number of hydrogen-bond donors (Lipinski definition) is 0.